The van der Waals surface area contributed by atoms with Gasteiger partial charge >= 0.3 is 5.97 Å². The smallest absolute Gasteiger partial charge is 0.302 e. The van der Waals surface area contributed by atoms with E-state index in [2.05, 4.69) is 41.9 Å². The summed E-state index contributed by atoms with van der Waals surface area (Å²) >= 11 is 6.27. The van der Waals surface area contributed by atoms with Crippen molar-refractivity contribution in [1.82, 2.24) is 0 Å². The Bertz CT molecular complexity index is 931. The molecule has 0 spiro atoms. The molecular weight excluding hydrogens is 430 g/mol. The van der Waals surface area contributed by atoms with Crippen LogP contribution in [0.5, 0.6) is 5.75 Å². The van der Waals surface area contributed by atoms with Crippen LogP contribution in [0, 0.1) is 0 Å². The highest BCUT2D eigenvalue weighted by molar-refractivity contribution is 8.20. The van der Waals surface area contributed by atoms with Crippen LogP contribution in [0.3, 0.4) is 0 Å². The number of benzene rings is 2. The van der Waals surface area contributed by atoms with E-state index in [0.29, 0.717) is 29.2 Å². The molecule has 0 radical (unpaired) electrons. The van der Waals surface area contributed by atoms with Gasteiger partial charge in [0.25, 0.3) is 0 Å². The Hall–Kier alpha value is -2.11. The van der Waals surface area contributed by atoms with Crippen molar-refractivity contribution in [3.05, 3.63) is 58.0 Å². The average Bonchev–Trinajstić information content (AvgIpc) is 3.19. The maximum Gasteiger partial charge on any atom is 0.302 e. The van der Waals surface area contributed by atoms with Crippen molar-refractivity contribution in [2.45, 2.75) is 56.2 Å². The lowest BCUT2D eigenvalue weighted by atomic mass is 10.1. The van der Waals surface area contributed by atoms with E-state index < -0.39 is 0 Å². The summed E-state index contributed by atoms with van der Waals surface area (Å²) in [6.45, 7) is 4.98. The number of carbonyl (C=O) groups is 1. The van der Waals surface area contributed by atoms with Gasteiger partial charge in [0.2, 0.25) is 0 Å². The lowest BCUT2D eigenvalue weighted by Crippen LogP contribution is -2.08. The molecule has 6 heteroatoms. The zero-order valence-corrected chi connectivity index (χ0v) is 20.1. The van der Waals surface area contributed by atoms with Crippen molar-refractivity contribution in [3.63, 3.8) is 0 Å². The van der Waals surface area contributed by atoms with Crippen molar-refractivity contribution < 1.29 is 14.3 Å². The van der Waals surface area contributed by atoms with E-state index in [9.17, 15) is 4.79 Å². The van der Waals surface area contributed by atoms with Crippen molar-refractivity contribution in [1.29, 1.82) is 0 Å². The first-order valence-corrected chi connectivity index (χ1v) is 12.7. The van der Waals surface area contributed by atoms with Gasteiger partial charge in [-0.3, -0.25) is 4.79 Å². The van der Waals surface area contributed by atoms with Crippen LogP contribution in [-0.2, 0) is 16.1 Å². The standard InChI is InChI=1S/C25H32ClNO3S/c1-4-20(8-5-6-14-30-18(2)28)31-15-13-21-23(9-7-10-25(21)31)27-17-19-11-12-24(29-3)22(26)16-19/h7,9-13,15-16,20,27,31H,4-6,8,14,17H2,1-3H3. The minimum Gasteiger partial charge on any atom is -0.495 e. The number of esters is 1. The second kappa shape index (κ2) is 11.5. The van der Waals surface area contributed by atoms with Gasteiger partial charge < -0.3 is 14.8 Å². The summed E-state index contributed by atoms with van der Waals surface area (Å²) in [4.78, 5) is 12.4. The number of nitrogens with one attached hydrogen (secondary N) is 1. The molecule has 1 aliphatic heterocycles. The number of rotatable bonds is 11. The summed E-state index contributed by atoms with van der Waals surface area (Å²) < 4.78 is 10.3. The predicted molar refractivity (Wildman–Crippen MR) is 133 cm³/mol. The molecule has 1 N–H and O–H groups in total. The Kier molecular flexibility index (Phi) is 8.73. The molecule has 2 atom stereocenters. The van der Waals surface area contributed by atoms with Crippen LogP contribution in [0.4, 0.5) is 5.69 Å². The number of halogens is 1. The van der Waals surface area contributed by atoms with Crippen LogP contribution in [-0.4, -0.2) is 24.9 Å². The van der Waals surface area contributed by atoms with Gasteiger partial charge in [0, 0.05) is 29.6 Å². The van der Waals surface area contributed by atoms with Gasteiger partial charge in [-0.1, -0.05) is 30.7 Å². The maximum atomic E-state index is 10.9. The highest BCUT2D eigenvalue weighted by Crippen LogP contribution is 2.53. The summed E-state index contributed by atoms with van der Waals surface area (Å²) in [5.41, 5.74) is 3.59. The third kappa shape index (κ3) is 6.20. The summed E-state index contributed by atoms with van der Waals surface area (Å²) in [5.74, 6) is 0.499. The topological polar surface area (TPSA) is 47.6 Å². The molecule has 2 aromatic carbocycles. The van der Waals surface area contributed by atoms with Gasteiger partial charge in [0.05, 0.1) is 18.7 Å². The fraction of sp³-hybridized carbons (Fsp3) is 0.400. The minimum absolute atomic E-state index is 0.194. The first-order valence-electron chi connectivity index (χ1n) is 10.8. The first kappa shape index (κ1) is 23.6. The third-order valence-corrected chi connectivity index (χ3v) is 8.69. The normalized spacial score (nSPS) is 16.6. The molecule has 168 valence electrons. The monoisotopic (exact) mass is 461 g/mol. The highest BCUT2D eigenvalue weighted by Gasteiger charge is 2.23. The molecule has 0 bridgehead atoms. The second-order valence-corrected chi connectivity index (χ2v) is 10.4. The lowest BCUT2D eigenvalue weighted by molar-refractivity contribution is -0.141. The molecule has 3 rings (SSSR count). The van der Waals surface area contributed by atoms with E-state index in [1.165, 1.54) is 17.4 Å². The number of hydrogen-bond donors (Lipinski definition) is 2. The molecule has 4 nitrogen and oxygen atoms in total. The SMILES string of the molecule is CCC(CCCCOC(C)=O)[SH]1C=Cc2c(NCc3ccc(OC)c(Cl)c3)cccc21. The van der Waals surface area contributed by atoms with Crippen LogP contribution < -0.4 is 10.1 Å². The molecular formula is C25H32ClNO3S. The van der Waals surface area contributed by atoms with Crippen LogP contribution in [0.25, 0.3) is 6.08 Å². The van der Waals surface area contributed by atoms with Gasteiger partial charge in [-0.2, -0.15) is 0 Å². The van der Waals surface area contributed by atoms with Crippen molar-refractivity contribution in [2.75, 3.05) is 19.0 Å². The first-order chi connectivity index (χ1) is 15.0. The van der Waals surface area contributed by atoms with E-state index in [4.69, 9.17) is 21.1 Å². The number of anilines is 1. The summed E-state index contributed by atoms with van der Waals surface area (Å²) in [7, 11) is 1.31. The van der Waals surface area contributed by atoms with Gasteiger partial charge in [0.1, 0.15) is 5.75 Å². The fourth-order valence-electron chi connectivity index (χ4n) is 3.92. The second-order valence-electron chi connectivity index (χ2n) is 7.68. The van der Waals surface area contributed by atoms with E-state index in [1.807, 2.05) is 18.2 Å². The Balaban J connectivity index is 1.62. The molecule has 0 aromatic heterocycles. The maximum absolute atomic E-state index is 10.9. The van der Waals surface area contributed by atoms with Gasteiger partial charge in [-0.05, 0) is 72.2 Å². The number of unbranched alkanes of at least 4 members (excludes halogenated alkanes) is 1. The van der Waals surface area contributed by atoms with Gasteiger partial charge in [-0.25, -0.2) is 10.9 Å². The number of ether oxygens (including phenoxy) is 2. The fourth-order valence-corrected chi connectivity index (χ4v) is 6.89. The third-order valence-electron chi connectivity index (χ3n) is 5.56. The average molecular weight is 462 g/mol. The van der Waals surface area contributed by atoms with Crippen molar-refractivity contribution in [3.8, 4) is 5.75 Å². The summed E-state index contributed by atoms with van der Waals surface area (Å²) in [6.07, 6.45) is 6.62. The van der Waals surface area contributed by atoms with Gasteiger partial charge in [0.15, 0.2) is 0 Å². The Morgan fingerprint density at radius 3 is 2.77 bits per heavy atom. The molecule has 1 aliphatic rings. The molecule has 1 heterocycles. The molecule has 2 unspecified atom stereocenters. The zero-order valence-electron chi connectivity index (χ0n) is 18.5. The number of thiol groups is 1. The number of methoxy groups -OCH3 is 1. The zero-order chi connectivity index (χ0) is 22.2. The van der Waals surface area contributed by atoms with Crippen molar-refractivity contribution in [2.24, 2.45) is 0 Å². The lowest BCUT2D eigenvalue weighted by Gasteiger charge is -2.27. The number of fused-ring (bicyclic) bond motifs is 1. The highest BCUT2D eigenvalue weighted by atomic mass is 35.5. The molecule has 2 aromatic rings. The molecule has 0 saturated heterocycles. The van der Waals surface area contributed by atoms with E-state index >= 15 is 0 Å². The molecule has 0 saturated carbocycles. The minimum atomic E-state index is -0.317. The van der Waals surface area contributed by atoms with Crippen LogP contribution in [0.15, 0.2) is 46.7 Å². The summed E-state index contributed by atoms with van der Waals surface area (Å²) in [5, 5.41) is 7.28. The molecule has 0 aliphatic carbocycles. The number of hydrogen-bond acceptors (Lipinski definition) is 4. The van der Waals surface area contributed by atoms with Crippen LogP contribution >= 0.6 is 22.5 Å². The Morgan fingerprint density at radius 2 is 2.06 bits per heavy atom. The van der Waals surface area contributed by atoms with Crippen LogP contribution in [0.2, 0.25) is 5.02 Å². The van der Waals surface area contributed by atoms with E-state index in [1.54, 1.807) is 7.11 Å². The van der Waals surface area contributed by atoms with Gasteiger partial charge in [-0.15, -0.1) is 0 Å². The summed E-state index contributed by atoms with van der Waals surface area (Å²) in [6, 6.07) is 12.5. The van der Waals surface area contributed by atoms with E-state index in [0.717, 1.165) is 36.9 Å². The predicted octanol–water partition coefficient (Wildman–Crippen LogP) is 6.82. The largest absolute Gasteiger partial charge is 0.495 e. The van der Waals surface area contributed by atoms with Crippen molar-refractivity contribution >= 4 is 40.2 Å². The molecule has 0 amide bonds. The Labute approximate surface area is 193 Å². The number of carbonyl (C=O) groups excluding carboxylic acids is 1. The quantitative estimate of drug-likeness (QED) is 0.219. The molecule has 31 heavy (non-hydrogen) atoms. The van der Waals surface area contributed by atoms with E-state index in [-0.39, 0.29) is 16.9 Å². The molecule has 0 fully saturated rings. The van der Waals surface area contributed by atoms with Crippen LogP contribution in [0.1, 0.15) is 50.7 Å². The Morgan fingerprint density at radius 1 is 1.23 bits per heavy atom.